The van der Waals surface area contributed by atoms with Crippen LogP contribution in [0.3, 0.4) is 0 Å². The second-order valence-corrected chi connectivity index (χ2v) is 6.86. The SMILES string of the molecule is CC(C)CCN(CC1NCCc2ccccc21)C1CC1. The van der Waals surface area contributed by atoms with Crippen molar-refractivity contribution in [3.8, 4) is 0 Å². The van der Waals surface area contributed by atoms with Gasteiger partial charge in [-0.15, -0.1) is 0 Å². The number of rotatable bonds is 6. The number of benzene rings is 1. The van der Waals surface area contributed by atoms with E-state index in [-0.39, 0.29) is 0 Å². The van der Waals surface area contributed by atoms with Gasteiger partial charge in [-0.05, 0) is 55.8 Å². The van der Waals surface area contributed by atoms with Gasteiger partial charge < -0.3 is 5.32 Å². The highest BCUT2D eigenvalue weighted by molar-refractivity contribution is 5.32. The normalized spacial score (nSPS) is 22.3. The summed E-state index contributed by atoms with van der Waals surface area (Å²) in [6.45, 7) is 8.25. The average molecular weight is 272 g/mol. The highest BCUT2D eigenvalue weighted by atomic mass is 15.2. The van der Waals surface area contributed by atoms with Crippen molar-refractivity contribution in [1.29, 1.82) is 0 Å². The molecule has 3 rings (SSSR count). The van der Waals surface area contributed by atoms with Crippen LogP contribution in [0.4, 0.5) is 0 Å². The molecule has 20 heavy (non-hydrogen) atoms. The molecule has 1 aromatic rings. The summed E-state index contributed by atoms with van der Waals surface area (Å²) >= 11 is 0. The van der Waals surface area contributed by atoms with E-state index in [9.17, 15) is 0 Å². The molecule has 0 radical (unpaired) electrons. The topological polar surface area (TPSA) is 15.3 Å². The third-order valence-electron chi connectivity index (χ3n) is 4.69. The minimum Gasteiger partial charge on any atom is -0.309 e. The molecule has 1 saturated carbocycles. The van der Waals surface area contributed by atoms with E-state index in [0.717, 1.165) is 18.5 Å². The van der Waals surface area contributed by atoms with Gasteiger partial charge in [0, 0.05) is 18.6 Å². The summed E-state index contributed by atoms with van der Waals surface area (Å²) in [6, 6.07) is 10.4. The maximum atomic E-state index is 3.73. The summed E-state index contributed by atoms with van der Waals surface area (Å²) in [5.74, 6) is 0.808. The largest absolute Gasteiger partial charge is 0.309 e. The molecule has 1 atom stereocenters. The Bertz CT molecular complexity index is 437. The lowest BCUT2D eigenvalue weighted by molar-refractivity contribution is 0.218. The second-order valence-electron chi connectivity index (χ2n) is 6.86. The Morgan fingerprint density at radius 3 is 2.80 bits per heavy atom. The van der Waals surface area contributed by atoms with Crippen LogP contribution in [0.5, 0.6) is 0 Å². The Kier molecular flexibility index (Phi) is 4.42. The van der Waals surface area contributed by atoms with Crippen LogP contribution >= 0.6 is 0 Å². The molecule has 1 aliphatic carbocycles. The van der Waals surface area contributed by atoms with E-state index >= 15 is 0 Å². The molecule has 1 fully saturated rings. The fourth-order valence-corrected chi connectivity index (χ4v) is 3.28. The Labute approximate surface area is 123 Å². The summed E-state index contributed by atoms with van der Waals surface area (Å²) in [5, 5.41) is 3.73. The summed E-state index contributed by atoms with van der Waals surface area (Å²) in [7, 11) is 0. The van der Waals surface area contributed by atoms with Gasteiger partial charge in [0.2, 0.25) is 0 Å². The quantitative estimate of drug-likeness (QED) is 0.854. The third-order valence-corrected chi connectivity index (χ3v) is 4.69. The molecule has 1 unspecified atom stereocenters. The lowest BCUT2D eigenvalue weighted by atomic mass is 9.94. The zero-order chi connectivity index (χ0) is 13.9. The molecule has 1 heterocycles. The van der Waals surface area contributed by atoms with E-state index in [2.05, 4.69) is 48.3 Å². The summed E-state index contributed by atoms with van der Waals surface area (Å²) < 4.78 is 0. The molecule has 0 spiro atoms. The predicted octanol–water partition coefficient (Wildman–Crippen LogP) is 3.38. The Morgan fingerprint density at radius 2 is 2.05 bits per heavy atom. The van der Waals surface area contributed by atoms with Gasteiger partial charge >= 0.3 is 0 Å². The van der Waals surface area contributed by atoms with E-state index in [4.69, 9.17) is 0 Å². The van der Waals surface area contributed by atoms with Crippen molar-refractivity contribution in [2.75, 3.05) is 19.6 Å². The molecule has 110 valence electrons. The van der Waals surface area contributed by atoms with Crippen LogP contribution in [0.2, 0.25) is 0 Å². The van der Waals surface area contributed by atoms with Crippen molar-refractivity contribution in [3.05, 3.63) is 35.4 Å². The van der Waals surface area contributed by atoms with Crippen LogP contribution in [-0.2, 0) is 6.42 Å². The van der Waals surface area contributed by atoms with Gasteiger partial charge in [-0.2, -0.15) is 0 Å². The maximum absolute atomic E-state index is 3.73. The summed E-state index contributed by atoms with van der Waals surface area (Å²) in [5.41, 5.74) is 3.09. The number of fused-ring (bicyclic) bond motifs is 1. The maximum Gasteiger partial charge on any atom is 0.0452 e. The van der Waals surface area contributed by atoms with Crippen molar-refractivity contribution >= 4 is 0 Å². The third kappa shape index (κ3) is 3.42. The van der Waals surface area contributed by atoms with Crippen LogP contribution in [-0.4, -0.2) is 30.6 Å². The minimum absolute atomic E-state index is 0.535. The Morgan fingerprint density at radius 1 is 1.25 bits per heavy atom. The summed E-state index contributed by atoms with van der Waals surface area (Å²) in [4.78, 5) is 2.74. The van der Waals surface area contributed by atoms with Gasteiger partial charge in [0.25, 0.3) is 0 Å². The van der Waals surface area contributed by atoms with Gasteiger partial charge in [-0.25, -0.2) is 0 Å². The van der Waals surface area contributed by atoms with E-state index in [1.165, 1.54) is 44.3 Å². The zero-order valence-corrected chi connectivity index (χ0v) is 12.9. The van der Waals surface area contributed by atoms with Gasteiger partial charge in [0.1, 0.15) is 0 Å². The highest BCUT2D eigenvalue weighted by Gasteiger charge is 2.31. The van der Waals surface area contributed by atoms with Crippen molar-refractivity contribution in [2.24, 2.45) is 5.92 Å². The lowest BCUT2D eigenvalue weighted by Crippen LogP contribution is -2.40. The first-order valence-electron chi connectivity index (χ1n) is 8.29. The van der Waals surface area contributed by atoms with Crippen LogP contribution in [0.15, 0.2) is 24.3 Å². The van der Waals surface area contributed by atoms with Gasteiger partial charge in [-0.1, -0.05) is 38.1 Å². The van der Waals surface area contributed by atoms with E-state index in [1.807, 2.05) is 0 Å². The predicted molar refractivity (Wildman–Crippen MR) is 84.9 cm³/mol. The first-order valence-corrected chi connectivity index (χ1v) is 8.29. The zero-order valence-electron chi connectivity index (χ0n) is 12.9. The molecule has 2 heteroatoms. The second kappa shape index (κ2) is 6.28. The molecule has 0 amide bonds. The monoisotopic (exact) mass is 272 g/mol. The number of nitrogens with one attached hydrogen (secondary N) is 1. The van der Waals surface area contributed by atoms with Gasteiger partial charge in [-0.3, -0.25) is 4.90 Å². The van der Waals surface area contributed by atoms with E-state index in [0.29, 0.717) is 6.04 Å². The van der Waals surface area contributed by atoms with Crippen molar-refractivity contribution < 1.29 is 0 Å². The van der Waals surface area contributed by atoms with Gasteiger partial charge in [0.15, 0.2) is 0 Å². The standard InChI is InChI=1S/C18H28N2/c1-14(2)10-12-20(16-7-8-16)13-18-17-6-4-3-5-15(17)9-11-19-18/h3-6,14,16,18-19H,7-13H2,1-2H3. The molecular formula is C18H28N2. The number of hydrogen-bond donors (Lipinski definition) is 1. The minimum atomic E-state index is 0.535. The molecule has 0 bridgehead atoms. The van der Waals surface area contributed by atoms with Crippen LogP contribution in [0, 0.1) is 5.92 Å². The molecule has 2 aliphatic rings. The van der Waals surface area contributed by atoms with Crippen molar-refractivity contribution in [3.63, 3.8) is 0 Å². The molecule has 1 aliphatic heterocycles. The van der Waals surface area contributed by atoms with Crippen molar-refractivity contribution in [1.82, 2.24) is 10.2 Å². The fourth-order valence-electron chi connectivity index (χ4n) is 3.28. The summed E-state index contributed by atoms with van der Waals surface area (Å²) in [6.07, 6.45) is 5.33. The first-order chi connectivity index (χ1) is 9.74. The van der Waals surface area contributed by atoms with E-state index in [1.54, 1.807) is 5.56 Å². The number of nitrogens with zero attached hydrogens (tertiary/aromatic N) is 1. The van der Waals surface area contributed by atoms with Crippen LogP contribution < -0.4 is 5.32 Å². The van der Waals surface area contributed by atoms with Crippen LogP contribution in [0.1, 0.15) is 50.3 Å². The lowest BCUT2D eigenvalue weighted by Gasteiger charge is -2.32. The smallest absolute Gasteiger partial charge is 0.0452 e. The number of hydrogen-bond acceptors (Lipinski definition) is 2. The Hall–Kier alpha value is -0.860. The first kappa shape index (κ1) is 14.1. The fraction of sp³-hybridized carbons (Fsp3) is 0.667. The van der Waals surface area contributed by atoms with Crippen LogP contribution in [0.25, 0.3) is 0 Å². The van der Waals surface area contributed by atoms with Crippen molar-refractivity contribution in [2.45, 2.75) is 51.6 Å². The average Bonchev–Trinajstić information content (AvgIpc) is 3.28. The van der Waals surface area contributed by atoms with Gasteiger partial charge in [0.05, 0.1) is 0 Å². The molecule has 0 aromatic heterocycles. The molecule has 1 aromatic carbocycles. The molecule has 0 saturated heterocycles. The highest BCUT2D eigenvalue weighted by Crippen LogP contribution is 2.31. The van der Waals surface area contributed by atoms with E-state index < -0.39 is 0 Å². The molecule has 2 nitrogen and oxygen atoms in total. The molecule has 1 N–H and O–H groups in total. The Balaban J connectivity index is 1.66. The molecular weight excluding hydrogens is 244 g/mol.